The van der Waals surface area contributed by atoms with Crippen molar-refractivity contribution in [2.45, 2.75) is 32.3 Å². The average molecular weight is 204 g/mol. The Morgan fingerprint density at radius 2 is 2.00 bits per heavy atom. The van der Waals surface area contributed by atoms with E-state index in [4.69, 9.17) is 9.47 Å². The molecule has 0 rings (SSSR count). The van der Waals surface area contributed by atoms with Gasteiger partial charge in [-0.05, 0) is 6.42 Å². The smallest absolute Gasteiger partial charge is 0.334 e. The second kappa shape index (κ2) is 8.97. The standard InChI is InChI=1S/C10H20O4/c1-4-5-6-9(10(11)13-3)14-8-7-12-2/h9H,4-8H2,1-3H3. The molecule has 0 saturated heterocycles. The molecule has 1 unspecified atom stereocenters. The van der Waals surface area contributed by atoms with Gasteiger partial charge in [0.1, 0.15) is 0 Å². The fourth-order valence-electron chi connectivity index (χ4n) is 1.06. The zero-order valence-electron chi connectivity index (χ0n) is 9.25. The Balaban J connectivity index is 3.78. The normalized spacial score (nSPS) is 12.5. The van der Waals surface area contributed by atoms with Gasteiger partial charge in [0.05, 0.1) is 20.3 Å². The summed E-state index contributed by atoms with van der Waals surface area (Å²) in [5.74, 6) is -0.297. The summed E-state index contributed by atoms with van der Waals surface area (Å²) in [7, 11) is 2.98. The molecular formula is C10H20O4. The number of ether oxygens (including phenoxy) is 3. The van der Waals surface area contributed by atoms with Crippen LogP contribution in [0, 0.1) is 0 Å². The Labute approximate surface area is 85.5 Å². The molecule has 4 nitrogen and oxygen atoms in total. The van der Waals surface area contributed by atoms with Crippen molar-refractivity contribution < 1.29 is 19.0 Å². The molecule has 0 aliphatic carbocycles. The first-order valence-electron chi connectivity index (χ1n) is 4.94. The molecule has 4 heteroatoms. The SMILES string of the molecule is CCCCC(OCCOC)C(=O)OC. The van der Waals surface area contributed by atoms with Crippen LogP contribution in [0.4, 0.5) is 0 Å². The summed E-state index contributed by atoms with van der Waals surface area (Å²) in [5.41, 5.74) is 0. The van der Waals surface area contributed by atoms with Crippen molar-refractivity contribution in [3.63, 3.8) is 0 Å². The fraction of sp³-hybridized carbons (Fsp3) is 0.900. The van der Waals surface area contributed by atoms with Crippen molar-refractivity contribution in [3.8, 4) is 0 Å². The van der Waals surface area contributed by atoms with Crippen LogP contribution in [0.25, 0.3) is 0 Å². The minimum absolute atomic E-state index is 0.297. The molecule has 0 fully saturated rings. The molecule has 0 aromatic carbocycles. The zero-order valence-corrected chi connectivity index (χ0v) is 9.25. The molecule has 0 bridgehead atoms. The van der Waals surface area contributed by atoms with E-state index in [-0.39, 0.29) is 5.97 Å². The Morgan fingerprint density at radius 3 is 2.50 bits per heavy atom. The van der Waals surface area contributed by atoms with Crippen LogP contribution in [-0.4, -0.2) is 39.5 Å². The third-order valence-corrected chi connectivity index (χ3v) is 1.89. The predicted octanol–water partition coefficient (Wildman–Crippen LogP) is 1.38. The van der Waals surface area contributed by atoms with Crippen molar-refractivity contribution in [1.29, 1.82) is 0 Å². The molecule has 0 aliphatic rings. The van der Waals surface area contributed by atoms with Crippen LogP contribution >= 0.6 is 0 Å². The third kappa shape index (κ3) is 5.94. The quantitative estimate of drug-likeness (QED) is 0.442. The number of carbonyl (C=O) groups is 1. The first-order valence-corrected chi connectivity index (χ1v) is 4.94. The van der Waals surface area contributed by atoms with Gasteiger partial charge in [-0.3, -0.25) is 0 Å². The first kappa shape index (κ1) is 13.4. The Hall–Kier alpha value is -0.610. The second-order valence-corrected chi connectivity index (χ2v) is 3.02. The Morgan fingerprint density at radius 1 is 1.29 bits per heavy atom. The van der Waals surface area contributed by atoms with Gasteiger partial charge >= 0.3 is 5.97 Å². The second-order valence-electron chi connectivity index (χ2n) is 3.02. The highest BCUT2D eigenvalue weighted by Crippen LogP contribution is 2.06. The minimum Gasteiger partial charge on any atom is -0.467 e. The van der Waals surface area contributed by atoms with Crippen LogP contribution in [0.5, 0.6) is 0 Å². The van der Waals surface area contributed by atoms with Crippen molar-refractivity contribution in [2.75, 3.05) is 27.4 Å². The summed E-state index contributed by atoms with van der Waals surface area (Å²) in [5, 5.41) is 0. The van der Waals surface area contributed by atoms with E-state index in [0.717, 1.165) is 12.8 Å². The average Bonchev–Trinajstić information content (AvgIpc) is 2.22. The van der Waals surface area contributed by atoms with Gasteiger partial charge in [0.2, 0.25) is 0 Å². The van der Waals surface area contributed by atoms with Crippen molar-refractivity contribution >= 4 is 5.97 Å². The summed E-state index contributed by atoms with van der Waals surface area (Å²) in [6.07, 6.45) is 2.29. The van der Waals surface area contributed by atoms with Crippen molar-refractivity contribution in [3.05, 3.63) is 0 Å². The van der Waals surface area contributed by atoms with Gasteiger partial charge in [0, 0.05) is 7.11 Å². The molecule has 0 amide bonds. The summed E-state index contributed by atoms with van der Waals surface area (Å²) in [6, 6.07) is 0. The molecular weight excluding hydrogens is 184 g/mol. The lowest BCUT2D eigenvalue weighted by atomic mass is 10.1. The van der Waals surface area contributed by atoms with Gasteiger partial charge in [-0.2, -0.15) is 0 Å². The lowest BCUT2D eigenvalue weighted by molar-refractivity contribution is -0.155. The zero-order chi connectivity index (χ0) is 10.8. The molecule has 0 radical (unpaired) electrons. The van der Waals surface area contributed by atoms with Gasteiger partial charge in [0.15, 0.2) is 6.10 Å². The number of methoxy groups -OCH3 is 2. The van der Waals surface area contributed by atoms with E-state index in [1.54, 1.807) is 7.11 Å². The molecule has 84 valence electrons. The van der Waals surface area contributed by atoms with Crippen molar-refractivity contribution in [2.24, 2.45) is 0 Å². The molecule has 1 atom stereocenters. The maximum atomic E-state index is 11.2. The topological polar surface area (TPSA) is 44.8 Å². The third-order valence-electron chi connectivity index (χ3n) is 1.89. The number of esters is 1. The summed E-state index contributed by atoms with van der Waals surface area (Å²) in [4.78, 5) is 11.2. The summed E-state index contributed by atoms with van der Waals surface area (Å²) in [6.45, 7) is 3.00. The lowest BCUT2D eigenvalue weighted by Crippen LogP contribution is -2.27. The van der Waals surface area contributed by atoms with Gasteiger partial charge in [0.25, 0.3) is 0 Å². The number of unbranched alkanes of at least 4 members (excludes halogenated alkanes) is 1. The molecule has 0 heterocycles. The number of rotatable bonds is 8. The number of carbonyl (C=O) groups excluding carboxylic acids is 1. The van der Waals surface area contributed by atoms with E-state index in [1.165, 1.54) is 7.11 Å². The van der Waals surface area contributed by atoms with E-state index in [9.17, 15) is 4.79 Å². The molecule has 0 N–H and O–H groups in total. The van der Waals surface area contributed by atoms with E-state index >= 15 is 0 Å². The fourth-order valence-corrected chi connectivity index (χ4v) is 1.06. The largest absolute Gasteiger partial charge is 0.467 e. The molecule has 0 spiro atoms. The lowest BCUT2D eigenvalue weighted by Gasteiger charge is -2.14. The van der Waals surface area contributed by atoms with Crippen molar-refractivity contribution in [1.82, 2.24) is 0 Å². The minimum atomic E-state index is -0.435. The monoisotopic (exact) mass is 204 g/mol. The van der Waals surface area contributed by atoms with E-state index in [2.05, 4.69) is 11.7 Å². The van der Waals surface area contributed by atoms with Gasteiger partial charge in [-0.1, -0.05) is 19.8 Å². The summed E-state index contributed by atoms with van der Waals surface area (Å²) >= 11 is 0. The van der Waals surface area contributed by atoms with E-state index < -0.39 is 6.10 Å². The summed E-state index contributed by atoms with van der Waals surface area (Å²) < 4.78 is 14.8. The van der Waals surface area contributed by atoms with Crippen LogP contribution in [0.15, 0.2) is 0 Å². The Bertz CT molecular complexity index is 147. The number of hydrogen-bond acceptors (Lipinski definition) is 4. The van der Waals surface area contributed by atoms with Crippen LogP contribution in [-0.2, 0) is 19.0 Å². The Kier molecular flexibility index (Phi) is 8.57. The van der Waals surface area contributed by atoms with E-state index in [0.29, 0.717) is 19.6 Å². The molecule has 0 aromatic heterocycles. The highest BCUT2D eigenvalue weighted by Gasteiger charge is 2.18. The van der Waals surface area contributed by atoms with Crippen LogP contribution in [0.3, 0.4) is 0 Å². The molecule has 14 heavy (non-hydrogen) atoms. The van der Waals surface area contributed by atoms with Gasteiger partial charge < -0.3 is 14.2 Å². The predicted molar refractivity (Wildman–Crippen MR) is 53.2 cm³/mol. The van der Waals surface area contributed by atoms with Crippen LogP contribution in [0.1, 0.15) is 26.2 Å². The molecule has 0 aliphatic heterocycles. The van der Waals surface area contributed by atoms with E-state index in [1.807, 2.05) is 0 Å². The van der Waals surface area contributed by atoms with Crippen LogP contribution in [0.2, 0.25) is 0 Å². The highest BCUT2D eigenvalue weighted by atomic mass is 16.6. The maximum absolute atomic E-state index is 11.2. The first-order chi connectivity index (χ1) is 6.76. The van der Waals surface area contributed by atoms with Gasteiger partial charge in [-0.15, -0.1) is 0 Å². The highest BCUT2D eigenvalue weighted by molar-refractivity contribution is 5.74. The van der Waals surface area contributed by atoms with Gasteiger partial charge in [-0.25, -0.2) is 4.79 Å². The molecule has 0 saturated carbocycles. The molecule has 0 aromatic rings. The maximum Gasteiger partial charge on any atom is 0.334 e. The van der Waals surface area contributed by atoms with Crippen LogP contribution < -0.4 is 0 Å². The number of hydrogen-bond donors (Lipinski definition) is 0.